The van der Waals surface area contributed by atoms with Crippen molar-refractivity contribution in [1.29, 1.82) is 0 Å². The van der Waals surface area contributed by atoms with E-state index in [0.29, 0.717) is 37.6 Å². The molecule has 4 heterocycles. The predicted octanol–water partition coefficient (Wildman–Crippen LogP) is 3.02. The molecule has 0 aliphatic carbocycles. The number of para-hydroxylation sites is 1. The number of benzene rings is 2. The third-order valence-corrected chi connectivity index (χ3v) is 7.25. The van der Waals surface area contributed by atoms with Crippen LogP contribution < -0.4 is 14.4 Å². The van der Waals surface area contributed by atoms with Crippen LogP contribution >= 0.6 is 0 Å². The zero-order valence-corrected chi connectivity index (χ0v) is 18.2. The number of ether oxygens (including phenoxy) is 3. The van der Waals surface area contributed by atoms with Crippen LogP contribution in [-0.2, 0) is 14.9 Å². The van der Waals surface area contributed by atoms with Crippen LogP contribution in [0, 0.1) is 0 Å². The molecule has 0 bridgehead atoms. The lowest BCUT2D eigenvalue weighted by Crippen LogP contribution is -2.44. The second kappa shape index (κ2) is 7.66. The number of likely N-dealkylation sites (tertiary alicyclic amines) is 1. The molecule has 2 saturated heterocycles. The van der Waals surface area contributed by atoms with E-state index in [2.05, 4.69) is 0 Å². The van der Waals surface area contributed by atoms with E-state index < -0.39 is 11.5 Å². The van der Waals surface area contributed by atoms with Gasteiger partial charge >= 0.3 is 6.09 Å². The number of carbonyl (C=O) groups is 2. The molecule has 1 spiro atoms. The normalized spacial score (nSPS) is 27.7. The second-order valence-electron chi connectivity index (χ2n) is 9.18. The minimum absolute atomic E-state index is 0.0273. The Morgan fingerprint density at radius 2 is 2.06 bits per heavy atom. The summed E-state index contributed by atoms with van der Waals surface area (Å²) in [5.41, 5.74) is 1.87. The van der Waals surface area contributed by atoms with E-state index in [1.165, 1.54) is 4.90 Å². The molecule has 2 fully saturated rings. The molecule has 2 aromatic rings. The summed E-state index contributed by atoms with van der Waals surface area (Å²) in [6.45, 7) is 2.37. The molecule has 0 radical (unpaired) electrons. The Morgan fingerprint density at radius 3 is 2.85 bits per heavy atom. The Labute approximate surface area is 191 Å². The number of hydrogen-bond donors (Lipinski definition) is 1. The van der Waals surface area contributed by atoms with Crippen LogP contribution in [-0.4, -0.2) is 67.1 Å². The van der Waals surface area contributed by atoms with Crippen molar-refractivity contribution in [2.75, 3.05) is 37.7 Å². The highest BCUT2D eigenvalue weighted by molar-refractivity contribution is 6.11. The number of anilines is 1. The van der Waals surface area contributed by atoms with Gasteiger partial charge in [0, 0.05) is 36.9 Å². The largest absolute Gasteiger partial charge is 0.491 e. The van der Waals surface area contributed by atoms with Crippen molar-refractivity contribution in [1.82, 2.24) is 4.90 Å². The Bertz CT molecular complexity index is 1110. The molecule has 172 valence electrons. The van der Waals surface area contributed by atoms with Crippen molar-refractivity contribution in [2.24, 2.45) is 0 Å². The lowest BCUT2D eigenvalue weighted by atomic mass is 9.77. The van der Waals surface area contributed by atoms with Crippen LogP contribution in [0.1, 0.15) is 30.4 Å². The molecule has 1 unspecified atom stereocenters. The van der Waals surface area contributed by atoms with Crippen LogP contribution in [0.25, 0.3) is 0 Å². The monoisotopic (exact) mass is 450 g/mol. The first-order chi connectivity index (χ1) is 16.1. The Morgan fingerprint density at radius 1 is 1.18 bits per heavy atom. The van der Waals surface area contributed by atoms with Gasteiger partial charge in [-0.25, -0.2) is 4.79 Å². The quantitative estimate of drug-likeness (QED) is 0.771. The van der Waals surface area contributed by atoms with Crippen molar-refractivity contribution in [2.45, 2.75) is 36.9 Å². The third kappa shape index (κ3) is 3.15. The van der Waals surface area contributed by atoms with Gasteiger partial charge in [0.15, 0.2) is 0 Å². The van der Waals surface area contributed by atoms with Crippen molar-refractivity contribution in [3.8, 4) is 11.5 Å². The lowest BCUT2D eigenvalue weighted by molar-refractivity contribution is -0.122. The molecule has 8 nitrogen and oxygen atoms in total. The fourth-order valence-electron chi connectivity index (χ4n) is 5.60. The molecule has 4 aliphatic rings. The van der Waals surface area contributed by atoms with E-state index in [4.69, 9.17) is 19.3 Å². The Kier molecular flexibility index (Phi) is 4.72. The zero-order valence-electron chi connectivity index (χ0n) is 18.2. The third-order valence-electron chi connectivity index (χ3n) is 7.25. The van der Waals surface area contributed by atoms with Crippen LogP contribution in [0.4, 0.5) is 10.5 Å². The molecule has 33 heavy (non-hydrogen) atoms. The fraction of sp³-hybridized carbons (Fsp3) is 0.440. The van der Waals surface area contributed by atoms with Crippen LogP contribution in [0.3, 0.4) is 0 Å². The minimum Gasteiger partial charge on any atom is -0.491 e. The molecule has 0 saturated carbocycles. The van der Waals surface area contributed by atoms with E-state index in [-0.39, 0.29) is 24.7 Å². The van der Waals surface area contributed by atoms with Crippen molar-refractivity contribution in [3.63, 3.8) is 0 Å². The lowest BCUT2D eigenvalue weighted by Gasteiger charge is -2.25. The second-order valence-corrected chi connectivity index (χ2v) is 9.18. The Balaban J connectivity index is 1.29. The molecule has 1 N–H and O–H groups in total. The minimum atomic E-state index is -0.925. The summed E-state index contributed by atoms with van der Waals surface area (Å²) in [6.07, 6.45) is 1.59. The van der Waals surface area contributed by atoms with E-state index in [1.807, 2.05) is 47.4 Å². The van der Waals surface area contributed by atoms with Crippen LogP contribution in [0.5, 0.6) is 11.5 Å². The van der Waals surface area contributed by atoms with Crippen molar-refractivity contribution >= 4 is 17.7 Å². The highest BCUT2D eigenvalue weighted by Gasteiger charge is 2.57. The number of amides is 2. The number of nitrogens with zero attached hydrogens (tertiary/aromatic N) is 2. The molecule has 3 atom stereocenters. The van der Waals surface area contributed by atoms with E-state index in [0.717, 1.165) is 36.3 Å². The first kappa shape index (κ1) is 20.4. The van der Waals surface area contributed by atoms with Gasteiger partial charge in [0.25, 0.3) is 0 Å². The van der Waals surface area contributed by atoms with Gasteiger partial charge < -0.3 is 29.1 Å². The topological polar surface area (TPSA) is 88.5 Å². The molecular formula is C25H26N2O6. The highest BCUT2D eigenvalue weighted by Crippen LogP contribution is 2.53. The molecule has 8 heteroatoms. The van der Waals surface area contributed by atoms with E-state index >= 15 is 0 Å². The van der Waals surface area contributed by atoms with Crippen LogP contribution in [0.2, 0.25) is 0 Å². The fourth-order valence-corrected chi connectivity index (χ4v) is 5.60. The zero-order chi connectivity index (χ0) is 22.6. The standard InChI is InChI=1S/C25H26N2O6/c28-23-25(19-5-1-2-6-21(19)27(23)14-17-4-3-11-31-17)15-32-22-12-16(7-8-20(22)25)33-18-9-10-26(13-18)24(29)30/h1-2,5-8,12,17-18H,3-4,9-11,13-15H2,(H,29,30)/t17-,18+,25?/m1/s1. The van der Waals surface area contributed by atoms with Crippen LogP contribution in [0.15, 0.2) is 42.5 Å². The van der Waals surface area contributed by atoms with Crippen molar-refractivity contribution in [3.05, 3.63) is 53.6 Å². The van der Waals surface area contributed by atoms with Crippen molar-refractivity contribution < 1.29 is 28.9 Å². The van der Waals surface area contributed by atoms with E-state index in [1.54, 1.807) is 0 Å². The summed E-state index contributed by atoms with van der Waals surface area (Å²) in [5.74, 6) is 1.29. The average molecular weight is 450 g/mol. The summed E-state index contributed by atoms with van der Waals surface area (Å²) < 4.78 is 17.9. The first-order valence-corrected chi connectivity index (χ1v) is 11.5. The number of hydrogen-bond acceptors (Lipinski definition) is 5. The van der Waals surface area contributed by atoms with Gasteiger partial charge in [-0.15, -0.1) is 0 Å². The molecule has 4 aliphatic heterocycles. The number of carboxylic acid groups (broad SMARTS) is 1. The predicted molar refractivity (Wildman–Crippen MR) is 119 cm³/mol. The maximum atomic E-state index is 13.9. The number of fused-ring (bicyclic) bond motifs is 4. The van der Waals surface area contributed by atoms with Gasteiger partial charge in [0.2, 0.25) is 5.91 Å². The number of carbonyl (C=O) groups excluding carboxylic acids is 1. The summed E-state index contributed by atoms with van der Waals surface area (Å²) in [6, 6.07) is 13.6. The van der Waals surface area contributed by atoms with Gasteiger partial charge in [-0.1, -0.05) is 24.3 Å². The maximum Gasteiger partial charge on any atom is 0.407 e. The Hall–Kier alpha value is -3.26. The first-order valence-electron chi connectivity index (χ1n) is 11.5. The molecule has 6 rings (SSSR count). The summed E-state index contributed by atoms with van der Waals surface area (Å²) in [5, 5.41) is 9.16. The van der Waals surface area contributed by atoms with Gasteiger partial charge in [-0.2, -0.15) is 0 Å². The highest BCUT2D eigenvalue weighted by atomic mass is 16.5. The average Bonchev–Trinajstić information content (AvgIpc) is 3.60. The molecule has 0 aromatic heterocycles. The smallest absolute Gasteiger partial charge is 0.407 e. The molecule has 2 aromatic carbocycles. The van der Waals surface area contributed by atoms with E-state index in [9.17, 15) is 9.59 Å². The van der Waals surface area contributed by atoms with Gasteiger partial charge in [0.05, 0.1) is 19.2 Å². The number of rotatable bonds is 4. The van der Waals surface area contributed by atoms with Gasteiger partial charge in [-0.05, 0) is 30.5 Å². The molecular weight excluding hydrogens is 424 g/mol. The van der Waals surface area contributed by atoms with Gasteiger partial charge in [-0.3, -0.25) is 4.79 Å². The van der Waals surface area contributed by atoms with Gasteiger partial charge in [0.1, 0.15) is 29.6 Å². The maximum absolute atomic E-state index is 13.9. The summed E-state index contributed by atoms with van der Waals surface area (Å²) in [4.78, 5) is 28.3. The summed E-state index contributed by atoms with van der Waals surface area (Å²) >= 11 is 0. The SMILES string of the molecule is O=C(O)N1CC[C@H](Oc2ccc3c(c2)OCC32C(=O)N(C[C@H]3CCCO3)c3ccccc32)C1. The summed E-state index contributed by atoms with van der Waals surface area (Å²) in [7, 11) is 0. The molecule has 2 amide bonds.